The normalized spacial score (nSPS) is 10.9. The van der Waals surface area contributed by atoms with E-state index in [0.29, 0.717) is 16.8 Å². The number of carbonyl (C=O) groups is 2. The van der Waals surface area contributed by atoms with E-state index in [2.05, 4.69) is 58.9 Å². The highest BCUT2D eigenvalue weighted by molar-refractivity contribution is 8.03. The molecule has 0 unspecified atom stereocenters. The number of nitrogens with one attached hydrogen (secondary N) is 2. The zero-order chi connectivity index (χ0) is 21.3. The topological polar surface area (TPSA) is 84.0 Å². The van der Waals surface area contributed by atoms with Gasteiger partial charge in [0.1, 0.15) is 0 Å². The molecule has 30 heavy (non-hydrogen) atoms. The maximum atomic E-state index is 11.9. The van der Waals surface area contributed by atoms with Crippen LogP contribution in [0.5, 0.6) is 0 Å². The van der Waals surface area contributed by atoms with E-state index in [1.54, 1.807) is 23.1 Å². The minimum Gasteiger partial charge on any atom is -0.333 e. The lowest BCUT2D eigenvalue weighted by Crippen LogP contribution is -2.39. The Morgan fingerprint density at radius 3 is 2.47 bits per heavy atom. The molecule has 10 heteroatoms. The van der Waals surface area contributed by atoms with E-state index in [9.17, 15) is 9.59 Å². The van der Waals surface area contributed by atoms with Crippen LogP contribution in [0.3, 0.4) is 0 Å². The zero-order valence-corrected chi connectivity index (χ0v) is 19.9. The van der Waals surface area contributed by atoms with Crippen molar-refractivity contribution in [3.8, 4) is 0 Å². The molecule has 0 bridgehead atoms. The Balaban J connectivity index is 1.37. The minimum absolute atomic E-state index is 0.113. The highest BCUT2D eigenvalue weighted by atomic mass is 32.2. The van der Waals surface area contributed by atoms with Gasteiger partial charge in [-0.2, -0.15) is 0 Å². The van der Waals surface area contributed by atoms with Crippen molar-refractivity contribution in [2.45, 2.75) is 40.7 Å². The van der Waals surface area contributed by atoms with Crippen molar-refractivity contribution in [3.05, 3.63) is 57.8 Å². The fraction of sp³-hybridized carbons (Fsp3) is 0.300. The molecule has 3 rings (SSSR count). The van der Waals surface area contributed by atoms with Crippen LogP contribution in [0.1, 0.15) is 35.8 Å². The standard InChI is InChI=1S/C20H22N4O2S4/c1-13(2)15-7-5-14(6-8-15)11-28-19-23-24-20(30-19)29-12-17(25)22-18(26)21-10-16-4-3-9-27-16/h3-9,13H,10-12H2,1-2H3,(H2,21,22,25,26). The highest BCUT2D eigenvalue weighted by Gasteiger charge is 2.11. The van der Waals surface area contributed by atoms with Crippen LogP contribution in [0.25, 0.3) is 0 Å². The summed E-state index contributed by atoms with van der Waals surface area (Å²) in [4.78, 5) is 24.7. The van der Waals surface area contributed by atoms with Crippen LogP contribution in [-0.4, -0.2) is 27.9 Å². The lowest BCUT2D eigenvalue weighted by molar-refractivity contribution is -0.117. The number of thioether (sulfide) groups is 2. The molecule has 0 saturated carbocycles. The van der Waals surface area contributed by atoms with Crippen LogP contribution in [0.15, 0.2) is 50.5 Å². The Morgan fingerprint density at radius 1 is 1.07 bits per heavy atom. The molecule has 0 spiro atoms. The van der Waals surface area contributed by atoms with Gasteiger partial charge < -0.3 is 5.32 Å². The number of urea groups is 1. The lowest BCUT2D eigenvalue weighted by Gasteiger charge is -2.06. The summed E-state index contributed by atoms with van der Waals surface area (Å²) in [7, 11) is 0. The van der Waals surface area contributed by atoms with Gasteiger partial charge in [-0.25, -0.2) is 4.79 Å². The number of rotatable bonds is 9. The van der Waals surface area contributed by atoms with Gasteiger partial charge in [-0.05, 0) is 28.5 Å². The number of aromatic nitrogens is 2. The Labute approximate surface area is 192 Å². The molecule has 3 aromatic rings. The fourth-order valence-electron chi connectivity index (χ4n) is 2.37. The van der Waals surface area contributed by atoms with Crippen molar-refractivity contribution in [1.82, 2.24) is 20.8 Å². The van der Waals surface area contributed by atoms with E-state index < -0.39 is 6.03 Å². The van der Waals surface area contributed by atoms with E-state index in [-0.39, 0.29) is 11.7 Å². The SMILES string of the molecule is CC(C)c1ccc(CSc2nnc(SCC(=O)NC(=O)NCc3cccs3)s2)cc1. The van der Waals surface area contributed by atoms with E-state index in [1.165, 1.54) is 34.2 Å². The largest absolute Gasteiger partial charge is 0.333 e. The van der Waals surface area contributed by atoms with E-state index in [4.69, 9.17) is 0 Å². The molecule has 0 atom stereocenters. The number of hydrogen-bond acceptors (Lipinski definition) is 8. The van der Waals surface area contributed by atoms with Crippen LogP contribution in [0.4, 0.5) is 4.79 Å². The maximum absolute atomic E-state index is 11.9. The minimum atomic E-state index is -0.494. The summed E-state index contributed by atoms with van der Waals surface area (Å²) < 4.78 is 1.57. The number of thiophene rings is 1. The summed E-state index contributed by atoms with van der Waals surface area (Å²) in [5.74, 6) is 1.10. The summed E-state index contributed by atoms with van der Waals surface area (Å²) in [6.45, 7) is 4.77. The molecule has 2 aromatic heterocycles. The van der Waals surface area contributed by atoms with Gasteiger partial charge >= 0.3 is 6.03 Å². The molecule has 0 radical (unpaired) electrons. The van der Waals surface area contributed by atoms with Gasteiger partial charge in [0.15, 0.2) is 8.68 Å². The highest BCUT2D eigenvalue weighted by Crippen LogP contribution is 2.30. The number of carbonyl (C=O) groups excluding carboxylic acids is 2. The summed E-state index contributed by atoms with van der Waals surface area (Å²) >= 11 is 5.91. The quantitative estimate of drug-likeness (QED) is 0.415. The van der Waals surface area contributed by atoms with E-state index in [0.717, 1.165) is 15.0 Å². The number of nitrogens with zero attached hydrogens (tertiary/aromatic N) is 2. The van der Waals surface area contributed by atoms with Gasteiger partial charge in [0.2, 0.25) is 5.91 Å². The third-order valence-corrected chi connectivity index (χ3v) is 8.12. The van der Waals surface area contributed by atoms with Crippen LogP contribution in [0.2, 0.25) is 0 Å². The van der Waals surface area contributed by atoms with Crippen LogP contribution < -0.4 is 10.6 Å². The molecule has 0 saturated heterocycles. The van der Waals surface area contributed by atoms with Gasteiger partial charge in [-0.1, -0.05) is 79.0 Å². The maximum Gasteiger partial charge on any atom is 0.321 e. The molecule has 0 fully saturated rings. The molecule has 0 aliphatic carbocycles. The average Bonchev–Trinajstić information content (AvgIpc) is 3.41. The van der Waals surface area contributed by atoms with E-state index >= 15 is 0 Å². The van der Waals surface area contributed by atoms with Gasteiger partial charge in [0.25, 0.3) is 0 Å². The molecule has 158 valence electrons. The molecule has 2 N–H and O–H groups in total. The van der Waals surface area contributed by atoms with Gasteiger partial charge in [-0.3, -0.25) is 10.1 Å². The summed E-state index contributed by atoms with van der Waals surface area (Å²) in [6, 6.07) is 12.0. The van der Waals surface area contributed by atoms with Gasteiger partial charge in [0, 0.05) is 10.6 Å². The van der Waals surface area contributed by atoms with Gasteiger partial charge in [0.05, 0.1) is 12.3 Å². The molecule has 6 nitrogen and oxygen atoms in total. The lowest BCUT2D eigenvalue weighted by atomic mass is 10.0. The Morgan fingerprint density at radius 2 is 1.80 bits per heavy atom. The Bertz CT molecular complexity index is 956. The summed E-state index contributed by atoms with van der Waals surface area (Å²) in [5, 5.41) is 15.2. The van der Waals surface area contributed by atoms with Gasteiger partial charge in [-0.15, -0.1) is 21.5 Å². The average molecular weight is 479 g/mol. The molecule has 3 amide bonds. The van der Waals surface area contributed by atoms with Crippen molar-refractivity contribution in [2.24, 2.45) is 0 Å². The van der Waals surface area contributed by atoms with Crippen LogP contribution >= 0.6 is 46.2 Å². The second-order valence-corrected chi connectivity index (χ2v) is 11.1. The van der Waals surface area contributed by atoms with Crippen molar-refractivity contribution in [2.75, 3.05) is 5.75 Å². The van der Waals surface area contributed by atoms with Crippen LogP contribution in [-0.2, 0) is 17.1 Å². The molecule has 0 aliphatic heterocycles. The second-order valence-electron chi connectivity index (χ2n) is 6.62. The molecule has 0 aliphatic rings. The Kier molecular flexibility index (Phi) is 8.74. The number of amides is 3. The number of hydrogen-bond donors (Lipinski definition) is 2. The molecule has 1 aromatic carbocycles. The fourth-order valence-corrected chi connectivity index (χ4v) is 5.79. The monoisotopic (exact) mass is 478 g/mol. The van der Waals surface area contributed by atoms with Crippen LogP contribution in [0, 0.1) is 0 Å². The predicted octanol–water partition coefficient (Wildman–Crippen LogP) is 5.13. The first kappa shape index (κ1) is 22.8. The van der Waals surface area contributed by atoms with E-state index in [1.807, 2.05) is 17.5 Å². The Hall–Kier alpha value is -1.88. The number of benzene rings is 1. The third-order valence-electron chi connectivity index (χ3n) is 3.98. The number of imide groups is 1. The van der Waals surface area contributed by atoms with Crippen molar-refractivity contribution < 1.29 is 9.59 Å². The summed E-state index contributed by atoms with van der Waals surface area (Å²) in [6.07, 6.45) is 0. The first-order valence-electron chi connectivity index (χ1n) is 9.27. The third kappa shape index (κ3) is 7.42. The van der Waals surface area contributed by atoms with Crippen molar-refractivity contribution >= 4 is 58.1 Å². The molecule has 2 heterocycles. The van der Waals surface area contributed by atoms with Crippen molar-refractivity contribution in [3.63, 3.8) is 0 Å². The molecular formula is C20H22N4O2S4. The predicted molar refractivity (Wildman–Crippen MR) is 125 cm³/mol. The zero-order valence-electron chi connectivity index (χ0n) is 16.6. The summed E-state index contributed by atoms with van der Waals surface area (Å²) in [5.41, 5.74) is 2.57. The molecular weight excluding hydrogens is 457 g/mol. The second kappa shape index (κ2) is 11.5. The first-order chi connectivity index (χ1) is 14.5. The first-order valence-corrected chi connectivity index (χ1v) is 12.9. The van der Waals surface area contributed by atoms with Crippen molar-refractivity contribution in [1.29, 1.82) is 0 Å². The smallest absolute Gasteiger partial charge is 0.321 e.